The van der Waals surface area contributed by atoms with E-state index in [-0.39, 0.29) is 12.5 Å². The van der Waals surface area contributed by atoms with E-state index in [0.717, 1.165) is 5.56 Å². The van der Waals surface area contributed by atoms with E-state index in [9.17, 15) is 9.59 Å². The lowest BCUT2D eigenvalue weighted by atomic mass is 10.1. The zero-order chi connectivity index (χ0) is 12.1. The van der Waals surface area contributed by atoms with Gasteiger partial charge >= 0.3 is 5.97 Å². The SMILES string of the molecule is Cc1cncc(C(=O)NCC(C)C(=O)O)c1. The van der Waals surface area contributed by atoms with Crippen LogP contribution >= 0.6 is 0 Å². The van der Waals surface area contributed by atoms with Crippen LogP contribution in [0.5, 0.6) is 0 Å². The molecule has 1 aromatic rings. The summed E-state index contributed by atoms with van der Waals surface area (Å²) in [5.41, 5.74) is 1.33. The quantitative estimate of drug-likeness (QED) is 0.791. The average molecular weight is 222 g/mol. The molecule has 5 nitrogen and oxygen atoms in total. The van der Waals surface area contributed by atoms with Gasteiger partial charge in [0.25, 0.3) is 5.91 Å². The maximum Gasteiger partial charge on any atom is 0.308 e. The number of aryl methyl sites for hydroxylation is 1. The summed E-state index contributed by atoms with van der Waals surface area (Å²) in [7, 11) is 0. The highest BCUT2D eigenvalue weighted by molar-refractivity contribution is 5.94. The van der Waals surface area contributed by atoms with Crippen molar-refractivity contribution in [3.05, 3.63) is 29.6 Å². The first-order valence-corrected chi connectivity index (χ1v) is 4.93. The summed E-state index contributed by atoms with van der Waals surface area (Å²) in [5.74, 6) is -1.83. The van der Waals surface area contributed by atoms with Crippen molar-refractivity contribution >= 4 is 11.9 Å². The first-order chi connectivity index (χ1) is 7.50. The fourth-order valence-corrected chi connectivity index (χ4v) is 1.11. The van der Waals surface area contributed by atoms with Crippen molar-refractivity contribution in [3.8, 4) is 0 Å². The van der Waals surface area contributed by atoms with Crippen LogP contribution in [0.15, 0.2) is 18.5 Å². The van der Waals surface area contributed by atoms with Crippen molar-refractivity contribution in [2.24, 2.45) is 5.92 Å². The number of hydrogen-bond donors (Lipinski definition) is 2. The minimum atomic E-state index is -0.928. The Morgan fingerprint density at radius 2 is 2.19 bits per heavy atom. The van der Waals surface area contributed by atoms with Gasteiger partial charge < -0.3 is 10.4 Å². The van der Waals surface area contributed by atoms with E-state index in [1.54, 1.807) is 12.3 Å². The lowest BCUT2D eigenvalue weighted by Gasteiger charge is -2.08. The van der Waals surface area contributed by atoms with E-state index < -0.39 is 11.9 Å². The summed E-state index contributed by atoms with van der Waals surface area (Å²) in [4.78, 5) is 26.0. The maximum atomic E-state index is 11.6. The number of carbonyl (C=O) groups is 2. The van der Waals surface area contributed by atoms with Gasteiger partial charge in [0, 0.05) is 18.9 Å². The van der Waals surface area contributed by atoms with Crippen molar-refractivity contribution in [3.63, 3.8) is 0 Å². The van der Waals surface area contributed by atoms with Gasteiger partial charge in [0.2, 0.25) is 0 Å². The first kappa shape index (κ1) is 12.2. The van der Waals surface area contributed by atoms with Crippen molar-refractivity contribution in [2.45, 2.75) is 13.8 Å². The highest BCUT2D eigenvalue weighted by Gasteiger charge is 2.13. The summed E-state index contributed by atoms with van der Waals surface area (Å²) >= 11 is 0. The number of hydrogen-bond acceptors (Lipinski definition) is 3. The molecule has 0 radical (unpaired) electrons. The van der Waals surface area contributed by atoms with Crippen LogP contribution in [0.1, 0.15) is 22.8 Å². The normalized spacial score (nSPS) is 11.9. The fourth-order valence-electron chi connectivity index (χ4n) is 1.11. The molecule has 0 spiro atoms. The molecule has 1 rings (SSSR count). The van der Waals surface area contributed by atoms with Crippen molar-refractivity contribution in [1.82, 2.24) is 10.3 Å². The molecular weight excluding hydrogens is 208 g/mol. The lowest BCUT2D eigenvalue weighted by Crippen LogP contribution is -2.31. The molecule has 0 saturated heterocycles. The Morgan fingerprint density at radius 3 is 2.75 bits per heavy atom. The molecule has 0 aromatic carbocycles. The van der Waals surface area contributed by atoms with Crippen molar-refractivity contribution in [1.29, 1.82) is 0 Å². The Labute approximate surface area is 93.5 Å². The number of pyridine rings is 1. The third kappa shape index (κ3) is 3.34. The van der Waals surface area contributed by atoms with Gasteiger partial charge in [-0.05, 0) is 18.6 Å². The molecule has 0 saturated carbocycles. The molecule has 86 valence electrons. The summed E-state index contributed by atoms with van der Waals surface area (Å²) in [6.45, 7) is 3.49. The Kier molecular flexibility index (Phi) is 3.99. The summed E-state index contributed by atoms with van der Waals surface area (Å²) in [6.07, 6.45) is 3.10. The zero-order valence-electron chi connectivity index (χ0n) is 9.23. The molecule has 0 aliphatic rings. The van der Waals surface area contributed by atoms with Crippen molar-refractivity contribution < 1.29 is 14.7 Å². The first-order valence-electron chi connectivity index (χ1n) is 4.93. The molecule has 2 N–H and O–H groups in total. The van der Waals surface area contributed by atoms with Gasteiger partial charge in [0.15, 0.2) is 0 Å². The van der Waals surface area contributed by atoms with Crippen LogP contribution in [0.2, 0.25) is 0 Å². The smallest absolute Gasteiger partial charge is 0.308 e. The van der Waals surface area contributed by atoms with Gasteiger partial charge in [0.05, 0.1) is 11.5 Å². The Hall–Kier alpha value is -1.91. The second-order valence-corrected chi connectivity index (χ2v) is 3.70. The predicted molar refractivity (Wildman–Crippen MR) is 58.1 cm³/mol. The molecule has 5 heteroatoms. The van der Waals surface area contributed by atoms with Crippen LogP contribution in [0.3, 0.4) is 0 Å². The third-order valence-electron chi connectivity index (χ3n) is 2.13. The molecule has 0 aliphatic carbocycles. The van der Waals surface area contributed by atoms with Gasteiger partial charge in [-0.25, -0.2) is 0 Å². The number of rotatable bonds is 4. The third-order valence-corrected chi connectivity index (χ3v) is 2.13. The van der Waals surface area contributed by atoms with Crippen LogP contribution in [-0.4, -0.2) is 28.5 Å². The van der Waals surface area contributed by atoms with E-state index in [0.29, 0.717) is 5.56 Å². The zero-order valence-corrected chi connectivity index (χ0v) is 9.23. The minimum absolute atomic E-state index is 0.113. The van der Waals surface area contributed by atoms with Gasteiger partial charge in [-0.15, -0.1) is 0 Å². The van der Waals surface area contributed by atoms with Crippen LogP contribution in [0.4, 0.5) is 0 Å². The molecule has 1 amide bonds. The average Bonchev–Trinajstić information content (AvgIpc) is 2.25. The molecule has 1 heterocycles. The van der Waals surface area contributed by atoms with Crippen LogP contribution in [-0.2, 0) is 4.79 Å². The number of carboxylic acid groups (broad SMARTS) is 1. The Morgan fingerprint density at radius 1 is 1.50 bits per heavy atom. The van der Waals surface area contributed by atoms with Gasteiger partial charge in [-0.3, -0.25) is 14.6 Å². The number of carboxylic acids is 1. The maximum absolute atomic E-state index is 11.6. The number of amides is 1. The molecule has 0 fully saturated rings. The standard InChI is InChI=1S/C11H14N2O3/c1-7-3-9(6-12-4-7)10(14)13-5-8(2)11(15)16/h3-4,6,8H,5H2,1-2H3,(H,13,14)(H,15,16). The molecule has 1 atom stereocenters. The number of nitrogens with one attached hydrogen (secondary N) is 1. The fraction of sp³-hybridized carbons (Fsp3) is 0.364. The number of carbonyl (C=O) groups excluding carboxylic acids is 1. The summed E-state index contributed by atoms with van der Waals surface area (Å²) < 4.78 is 0. The van der Waals surface area contributed by atoms with Crippen molar-refractivity contribution in [2.75, 3.05) is 6.54 Å². The van der Waals surface area contributed by atoms with Gasteiger partial charge in [0.1, 0.15) is 0 Å². The van der Waals surface area contributed by atoms with E-state index >= 15 is 0 Å². The summed E-state index contributed by atoms with van der Waals surface area (Å²) in [6, 6.07) is 1.70. The second kappa shape index (κ2) is 5.25. The second-order valence-electron chi connectivity index (χ2n) is 3.70. The van der Waals surface area contributed by atoms with Crippen LogP contribution < -0.4 is 5.32 Å². The highest BCUT2D eigenvalue weighted by atomic mass is 16.4. The number of aromatic nitrogens is 1. The van der Waals surface area contributed by atoms with Crippen LogP contribution in [0, 0.1) is 12.8 Å². The molecule has 16 heavy (non-hydrogen) atoms. The molecule has 0 aliphatic heterocycles. The number of nitrogens with zero attached hydrogens (tertiary/aromatic N) is 1. The molecule has 1 unspecified atom stereocenters. The Balaban J connectivity index is 2.56. The minimum Gasteiger partial charge on any atom is -0.481 e. The lowest BCUT2D eigenvalue weighted by molar-refractivity contribution is -0.140. The van der Waals surface area contributed by atoms with Gasteiger partial charge in [-0.1, -0.05) is 6.92 Å². The van der Waals surface area contributed by atoms with E-state index in [1.165, 1.54) is 13.1 Å². The topological polar surface area (TPSA) is 79.3 Å². The van der Waals surface area contributed by atoms with Crippen LogP contribution in [0.25, 0.3) is 0 Å². The van der Waals surface area contributed by atoms with E-state index in [2.05, 4.69) is 10.3 Å². The van der Waals surface area contributed by atoms with E-state index in [4.69, 9.17) is 5.11 Å². The molecule has 0 bridgehead atoms. The highest BCUT2D eigenvalue weighted by Crippen LogP contribution is 2.01. The largest absolute Gasteiger partial charge is 0.481 e. The monoisotopic (exact) mass is 222 g/mol. The predicted octanol–water partition coefficient (Wildman–Crippen LogP) is 0.841. The van der Waals surface area contributed by atoms with E-state index in [1.807, 2.05) is 6.92 Å². The number of aliphatic carboxylic acids is 1. The molecular formula is C11H14N2O3. The molecule has 1 aromatic heterocycles. The Bertz CT molecular complexity index is 404. The summed E-state index contributed by atoms with van der Waals surface area (Å²) in [5, 5.41) is 11.2. The van der Waals surface area contributed by atoms with Gasteiger partial charge in [-0.2, -0.15) is 0 Å².